The number of nitrogens with zero attached hydrogens (tertiary/aromatic N) is 2. The van der Waals surface area contributed by atoms with Gasteiger partial charge in [-0.15, -0.1) is 0 Å². The van der Waals surface area contributed by atoms with Gasteiger partial charge in [0.1, 0.15) is 12.7 Å². The van der Waals surface area contributed by atoms with Crippen molar-refractivity contribution in [3.05, 3.63) is 36.0 Å². The summed E-state index contributed by atoms with van der Waals surface area (Å²) in [5.41, 5.74) is 0.249. The first-order valence-corrected chi connectivity index (χ1v) is 11.1. The van der Waals surface area contributed by atoms with E-state index in [2.05, 4.69) is 15.5 Å². The molecule has 4 aliphatic rings. The summed E-state index contributed by atoms with van der Waals surface area (Å²) < 4.78 is 16.7. The Morgan fingerprint density at radius 3 is 2.33 bits per heavy atom. The zero-order chi connectivity index (χ0) is 20.6. The first-order chi connectivity index (χ1) is 14.6. The third kappa shape index (κ3) is 4.32. The average molecular weight is 414 g/mol. The molecule has 30 heavy (non-hydrogen) atoms. The summed E-state index contributed by atoms with van der Waals surface area (Å²) in [6.07, 6.45) is 7.53. The topological polar surface area (TPSA) is 89.6 Å². The molecule has 4 bridgehead atoms. The van der Waals surface area contributed by atoms with Gasteiger partial charge in [-0.2, -0.15) is 4.98 Å². The summed E-state index contributed by atoms with van der Waals surface area (Å²) in [7, 11) is 0. The average Bonchev–Trinajstić information content (AvgIpc) is 3.14. The van der Waals surface area contributed by atoms with Crippen LogP contribution < -0.4 is 14.8 Å². The van der Waals surface area contributed by atoms with Crippen molar-refractivity contribution in [1.29, 1.82) is 0 Å². The lowest BCUT2D eigenvalue weighted by Crippen LogP contribution is -2.59. The van der Waals surface area contributed by atoms with E-state index in [9.17, 15) is 5.11 Å². The summed E-state index contributed by atoms with van der Waals surface area (Å²) in [4.78, 5) is 4.14. The molecule has 7 heteroatoms. The maximum absolute atomic E-state index is 10.6. The second kappa shape index (κ2) is 8.19. The largest absolute Gasteiger partial charge is 0.487 e. The molecule has 4 aliphatic carbocycles. The maximum Gasteiger partial charge on any atom is 0.264 e. The van der Waals surface area contributed by atoms with Gasteiger partial charge in [0.15, 0.2) is 23.9 Å². The number of aliphatic hydroxyl groups is 1. The van der Waals surface area contributed by atoms with E-state index in [1.54, 1.807) is 6.92 Å². The van der Waals surface area contributed by atoms with E-state index in [0.29, 0.717) is 29.8 Å². The van der Waals surface area contributed by atoms with Gasteiger partial charge in [0.2, 0.25) is 0 Å². The van der Waals surface area contributed by atoms with Crippen molar-refractivity contribution in [2.24, 2.45) is 17.8 Å². The molecule has 1 atom stereocenters. The van der Waals surface area contributed by atoms with Gasteiger partial charge in [0.25, 0.3) is 5.89 Å². The molecule has 6 rings (SSSR count). The Bertz CT molecular complexity index is 832. The molecule has 162 valence electrons. The van der Waals surface area contributed by atoms with Crippen LogP contribution in [-0.2, 0) is 6.61 Å². The molecule has 1 aromatic heterocycles. The standard InChI is InChI=1S/C23H31N3O4/c1-15-25-22(30-26-15)14-29-21-5-3-2-4-20(21)28-13-19(27)12-24-23-9-16-6-17(10-23)8-18(7-16)11-23/h2-5,16-19,24,27H,6-14H2,1H3. The van der Waals surface area contributed by atoms with Gasteiger partial charge >= 0.3 is 0 Å². The van der Waals surface area contributed by atoms with Crippen molar-refractivity contribution in [2.45, 2.75) is 63.7 Å². The van der Waals surface area contributed by atoms with Gasteiger partial charge in [0, 0.05) is 12.1 Å². The van der Waals surface area contributed by atoms with Crippen LogP contribution in [0.4, 0.5) is 0 Å². The minimum absolute atomic E-state index is 0.178. The van der Waals surface area contributed by atoms with E-state index in [1.807, 2.05) is 24.3 Å². The molecule has 4 saturated carbocycles. The molecule has 0 saturated heterocycles. The summed E-state index contributed by atoms with van der Waals surface area (Å²) in [5, 5.41) is 18.1. The number of aromatic nitrogens is 2. The Balaban J connectivity index is 1.12. The third-order valence-electron chi connectivity index (χ3n) is 6.95. The lowest BCUT2D eigenvalue weighted by molar-refractivity contribution is -0.0267. The monoisotopic (exact) mass is 413 g/mol. The Labute approximate surface area is 177 Å². The molecule has 0 amide bonds. The van der Waals surface area contributed by atoms with Crippen LogP contribution in [0.2, 0.25) is 0 Å². The molecular weight excluding hydrogens is 382 g/mol. The minimum Gasteiger partial charge on any atom is -0.487 e. The number of aryl methyl sites for hydroxylation is 1. The van der Waals surface area contributed by atoms with Crippen LogP contribution in [-0.4, -0.2) is 40.0 Å². The highest BCUT2D eigenvalue weighted by Crippen LogP contribution is 2.55. The second-order valence-corrected chi connectivity index (χ2v) is 9.51. The molecule has 0 aliphatic heterocycles. The van der Waals surface area contributed by atoms with Gasteiger partial charge in [-0.05, 0) is 75.3 Å². The number of β-amino-alcohol motifs (C(OH)–C–C–N with tert-alkyl or cyclic N) is 1. The SMILES string of the molecule is Cc1noc(COc2ccccc2OCC(O)CNC23CC4CC(CC(C4)C2)C3)n1. The van der Waals surface area contributed by atoms with Crippen LogP contribution in [0.1, 0.15) is 50.2 Å². The van der Waals surface area contributed by atoms with Gasteiger partial charge in [-0.25, -0.2) is 0 Å². The molecule has 0 spiro atoms. The fourth-order valence-corrected chi connectivity index (χ4v) is 6.13. The quantitative estimate of drug-likeness (QED) is 0.652. The van der Waals surface area contributed by atoms with E-state index in [4.69, 9.17) is 14.0 Å². The maximum atomic E-state index is 10.6. The van der Waals surface area contributed by atoms with E-state index in [1.165, 1.54) is 38.5 Å². The van der Waals surface area contributed by atoms with Crippen molar-refractivity contribution < 1.29 is 19.1 Å². The van der Waals surface area contributed by atoms with E-state index >= 15 is 0 Å². The van der Waals surface area contributed by atoms with Crippen LogP contribution in [0, 0.1) is 24.7 Å². The predicted octanol–water partition coefficient (Wildman–Crippen LogP) is 3.26. The van der Waals surface area contributed by atoms with Gasteiger partial charge in [0.05, 0.1) is 0 Å². The molecule has 4 fully saturated rings. The highest BCUT2D eigenvalue weighted by Gasteiger charge is 2.50. The smallest absolute Gasteiger partial charge is 0.264 e. The number of benzene rings is 1. The van der Waals surface area contributed by atoms with Crippen molar-refractivity contribution in [3.63, 3.8) is 0 Å². The number of rotatable bonds is 9. The normalized spacial score (nSPS) is 30.4. The summed E-state index contributed by atoms with van der Waals surface area (Å²) >= 11 is 0. The van der Waals surface area contributed by atoms with E-state index in [0.717, 1.165) is 17.8 Å². The molecule has 2 aromatic rings. The van der Waals surface area contributed by atoms with Crippen molar-refractivity contribution in [1.82, 2.24) is 15.5 Å². The molecule has 7 nitrogen and oxygen atoms in total. The van der Waals surface area contributed by atoms with Crippen molar-refractivity contribution >= 4 is 0 Å². The van der Waals surface area contributed by atoms with Crippen LogP contribution in [0.15, 0.2) is 28.8 Å². The fourth-order valence-electron chi connectivity index (χ4n) is 6.13. The van der Waals surface area contributed by atoms with Gasteiger partial charge in [-0.3, -0.25) is 0 Å². The minimum atomic E-state index is -0.565. The fraction of sp³-hybridized carbons (Fsp3) is 0.652. The van der Waals surface area contributed by atoms with Gasteiger partial charge in [-0.1, -0.05) is 17.3 Å². The number of hydrogen-bond acceptors (Lipinski definition) is 7. The Morgan fingerprint density at radius 2 is 1.73 bits per heavy atom. The lowest BCUT2D eigenvalue weighted by atomic mass is 9.53. The molecule has 1 heterocycles. The summed E-state index contributed by atoms with van der Waals surface area (Å²) in [5.74, 6) is 4.86. The first kappa shape index (κ1) is 19.8. The highest BCUT2D eigenvalue weighted by atomic mass is 16.5. The molecule has 1 aromatic carbocycles. The summed E-state index contributed by atoms with van der Waals surface area (Å²) in [6.45, 7) is 2.73. The van der Waals surface area contributed by atoms with E-state index in [-0.39, 0.29) is 18.8 Å². The van der Waals surface area contributed by atoms with Crippen LogP contribution in [0.5, 0.6) is 11.5 Å². The van der Waals surface area contributed by atoms with Gasteiger partial charge < -0.3 is 24.4 Å². The second-order valence-electron chi connectivity index (χ2n) is 9.51. The number of para-hydroxylation sites is 2. The Kier molecular flexibility index (Phi) is 5.41. The van der Waals surface area contributed by atoms with E-state index < -0.39 is 6.10 Å². The molecule has 1 unspecified atom stereocenters. The molecule has 2 N–H and O–H groups in total. The van der Waals surface area contributed by atoms with Crippen LogP contribution in [0.3, 0.4) is 0 Å². The number of ether oxygens (including phenoxy) is 2. The number of nitrogens with one attached hydrogen (secondary N) is 1. The summed E-state index contributed by atoms with van der Waals surface area (Å²) in [6, 6.07) is 7.44. The zero-order valence-corrected chi connectivity index (χ0v) is 17.5. The lowest BCUT2D eigenvalue weighted by Gasteiger charge is -2.57. The van der Waals surface area contributed by atoms with Crippen molar-refractivity contribution in [2.75, 3.05) is 13.2 Å². The molecule has 0 radical (unpaired) electrons. The van der Waals surface area contributed by atoms with Crippen LogP contribution >= 0.6 is 0 Å². The van der Waals surface area contributed by atoms with Crippen molar-refractivity contribution in [3.8, 4) is 11.5 Å². The Hall–Kier alpha value is -2.12. The highest BCUT2D eigenvalue weighted by molar-refractivity contribution is 5.39. The Morgan fingerprint density at radius 1 is 1.10 bits per heavy atom. The third-order valence-corrected chi connectivity index (χ3v) is 6.95. The predicted molar refractivity (Wildman–Crippen MR) is 110 cm³/mol. The zero-order valence-electron chi connectivity index (χ0n) is 17.5. The molecular formula is C23H31N3O4. The number of aliphatic hydroxyl groups excluding tert-OH is 1. The number of hydrogen-bond donors (Lipinski definition) is 2. The van der Waals surface area contributed by atoms with Crippen LogP contribution in [0.25, 0.3) is 0 Å². The first-order valence-electron chi connectivity index (χ1n) is 11.1.